The van der Waals surface area contributed by atoms with Crippen LogP contribution in [0, 0.1) is 0 Å². The lowest BCUT2D eigenvalue weighted by atomic mass is 9.88. The van der Waals surface area contributed by atoms with Crippen LogP contribution in [0.4, 0.5) is 0 Å². The zero-order valence-electron chi connectivity index (χ0n) is 12.4. The van der Waals surface area contributed by atoms with Gasteiger partial charge < -0.3 is 9.47 Å². The van der Waals surface area contributed by atoms with Gasteiger partial charge in [-0.15, -0.1) is 0 Å². The first-order valence-corrected chi connectivity index (χ1v) is 7.09. The molecule has 0 radical (unpaired) electrons. The highest BCUT2D eigenvalue weighted by atomic mass is 16.5. The van der Waals surface area contributed by atoms with Gasteiger partial charge in [-0.25, -0.2) is 0 Å². The molecule has 0 fully saturated rings. The van der Waals surface area contributed by atoms with E-state index in [0.29, 0.717) is 13.0 Å². The van der Waals surface area contributed by atoms with E-state index in [4.69, 9.17) is 9.47 Å². The molecule has 110 valence electrons. The van der Waals surface area contributed by atoms with Gasteiger partial charge in [0.2, 0.25) is 0 Å². The number of hydrogen-bond donors (Lipinski definition) is 0. The largest absolute Gasteiger partial charge is 0.497 e. The fourth-order valence-corrected chi connectivity index (χ4v) is 2.34. The molecule has 0 N–H and O–H groups in total. The smallest absolute Gasteiger partial charge is 0.306 e. The van der Waals surface area contributed by atoms with E-state index < -0.39 is 0 Å². The summed E-state index contributed by atoms with van der Waals surface area (Å²) in [6, 6.07) is 17.8. The van der Waals surface area contributed by atoms with Crippen LogP contribution in [0.3, 0.4) is 0 Å². The van der Waals surface area contributed by atoms with E-state index in [-0.39, 0.29) is 11.9 Å². The number of benzene rings is 2. The molecule has 2 aromatic rings. The van der Waals surface area contributed by atoms with Gasteiger partial charge in [-0.2, -0.15) is 0 Å². The summed E-state index contributed by atoms with van der Waals surface area (Å²) in [5, 5.41) is 0. The Morgan fingerprint density at radius 3 is 2.19 bits per heavy atom. The highest BCUT2D eigenvalue weighted by Crippen LogP contribution is 2.29. The van der Waals surface area contributed by atoms with Crippen LogP contribution in [0.25, 0.3) is 0 Å². The van der Waals surface area contributed by atoms with Gasteiger partial charge in [0.15, 0.2) is 0 Å². The zero-order valence-corrected chi connectivity index (χ0v) is 12.4. The van der Waals surface area contributed by atoms with Crippen LogP contribution < -0.4 is 4.74 Å². The fraction of sp³-hybridized carbons (Fsp3) is 0.278. The molecular formula is C18H20O3. The van der Waals surface area contributed by atoms with Crippen molar-refractivity contribution in [3.05, 3.63) is 65.7 Å². The molecule has 0 aliphatic heterocycles. The molecule has 1 atom stereocenters. The van der Waals surface area contributed by atoms with Gasteiger partial charge in [0.1, 0.15) is 5.75 Å². The van der Waals surface area contributed by atoms with E-state index in [1.54, 1.807) is 7.11 Å². The van der Waals surface area contributed by atoms with E-state index in [2.05, 4.69) is 0 Å². The molecule has 0 aliphatic carbocycles. The minimum atomic E-state index is -0.179. The lowest BCUT2D eigenvalue weighted by molar-refractivity contribution is -0.143. The number of carbonyl (C=O) groups excluding carboxylic acids is 1. The minimum Gasteiger partial charge on any atom is -0.497 e. The molecule has 0 heterocycles. The van der Waals surface area contributed by atoms with Crippen LogP contribution in [0.1, 0.15) is 30.4 Å². The number of ether oxygens (including phenoxy) is 2. The number of rotatable bonds is 6. The molecule has 0 saturated heterocycles. The van der Waals surface area contributed by atoms with Crippen LogP contribution in [-0.2, 0) is 9.53 Å². The Bertz CT molecular complexity index is 561. The van der Waals surface area contributed by atoms with Crippen molar-refractivity contribution in [1.29, 1.82) is 0 Å². The second-order valence-electron chi connectivity index (χ2n) is 4.75. The third-order valence-corrected chi connectivity index (χ3v) is 3.40. The first-order chi connectivity index (χ1) is 10.2. The highest BCUT2D eigenvalue weighted by molar-refractivity contribution is 5.71. The molecule has 1 unspecified atom stereocenters. The number of hydrogen-bond acceptors (Lipinski definition) is 3. The Morgan fingerprint density at radius 1 is 1.00 bits per heavy atom. The maximum Gasteiger partial charge on any atom is 0.306 e. The summed E-state index contributed by atoms with van der Waals surface area (Å²) in [6.07, 6.45) is 0.337. The molecule has 3 heteroatoms. The molecular weight excluding hydrogens is 264 g/mol. The minimum absolute atomic E-state index is 0.00356. The molecule has 0 bridgehead atoms. The molecule has 0 aromatic heterocycles. The third kappa shape index (κ3) is 4.09. The molecule has 0 saturated carbocycles. The van der Waals surface area contributed by atoms with E-state index in [9.17, 15) is 4.79 Å². The average Bonchev–Trinajstić information content (AvgIpc) is 2.54. The van der Waals surface area contributed by atoms with Crippen molar-refractivity contribution in [1.82, 2.24) is 0 Å². The van der Waals surface area contributed by atoms with Crippen molar-refractivity contribution in [3.63, 3.8) is 0 Å². The van der Waals surface area contributed by atoms with E-state index in [1.165, 1.54) is 0 Å². The van der Waals surface area contributed by atoms with Crippen LogP contribution in [0.5, 0.6) is 5.75 Å². The van der Waals surface area contributed by atoms with Gasteiger partial charge in [-0.05, 0) is 30.2 Å². The SMILES string of the molecule is CCOC(=O)CC(c1ccccc1)c1ccc(OC)cc1. The van der Waals surface area contributed by atoms with Crippen molar-refractivity contribution in [2.75, 3.05) is 13.7 Å². The first-order valence-electron chi connectivity index (χ1n) is 7.09. The lowest BCUT2D eigenvalue weighted by Crippen LogP contribution is -2.11. The predicted octanol–water partition coefficient (Wildman–Crippen LogP) is 3.78. The normalized spacial score (nSPS) is 11.7. The van der Waals surface area contributed by atoms with Crippen molar-refractivity contribution >= 4 is 5.97 Å². The van der Waals surface area contributed by atoms with Crippen LogP contribution >= 0.6 is 0 Å². The standard InChI is InChI=1S/C18H20O3/c1-3-21-18(19)13-17(14-7-5-4-6-8-14)15-9-11-16(20-2)12-10-15/h4-12,17H,3,13H2,1-2H3. The predicted molar refractivity (Wildman–Crippen MR) is 82.5 cm³/mol. The van der Waals surface area contributed by atoms with Crippen LogP contribution in [0.15, 0.2) is 54.6 Å². The Hall–Kier alpha value is -2.29. The number of esters is 1. The summed E-state index contributed by atoms with van der Waals surface area (Å²) in [5.41, 5.74) is 2.19. The van der Waals surface area contributed by atoms with Crippen molar-refractivity contribution < 1.29 is 14.3 Å². The van der Waals surface area contributed by atoms with Gasteiger partial charge in [-0.1, -0.05) is 42.5 Å². The van der Waals surface area contributed by atoms with Crippen molar-refractivity contribution in [2.24, 2.45) is 0 Å². The molecule has 21 heavy (non-hydrogen) atoms. The monoisotopic (exact) mass is 284 g/mol. The first kappa shape index (κ1) is 15.1. The topological polar surface area (TPSA) is 35.5 Å². The zero-order chi connectivity index (χ0) is 15.1. The summed E-state index contributed by atoms with van der Waals surface area (Å²) in [6.45, 7) is 2.23. The summed E-state index contributed by atoms with van der Waals surface area (Å²) < 4.78 is 10.3. The molecule has 2 rings (SSSR count). The van der Waals surface area contributed by atoms with E-state index in [1.807, 2.05) is 61.5 Å². The van der Waals surface area contributed by atoms with Gasteiger partial charge in [0.25, 0.3) is 0 Å². The Kier molecular flexibility index (Phi) is 5.38. The molecule has 0 amide bonds. The summed E-state index contributed by atoms with van der Waals surface area (Å²) in [4.78, 5) is 11.9. The maximum absolute atomic E-state index is 11.9. The van der Waals surface area contributed by atoms with Crippen LogP contribution in [-0.4, -0.2) is 19.7 Å². The quantitative estimate of drug-likeness (QED) is 0.757. The second kappa shape index (κ2) is 7.48. The van der Waals surface area contributed by atoms with E-state index in [0.717, 1.165) is 16.9 Å². The number of carbonyl (C=O) groups is 1. The Balaban J connectivity index is 2.28. The van der Waals surface area contributed by atoms with Gasteiger partial charge in [-0.3, -0.25) is 4.79 Å². The van der Waals surface area contributed by atoms with Gasteiger partial charge >= 0.3 is 5.97 Å². The van der Waals surface area contributed by atoms with Crippen LogP contribution in [0.2, 0.25) is 0 Å². The highest BCUT2D eigenvalue weighted by Gasteiger charge is 2.18. The second-order valence-corrected chi connectivity index (χ2v) is 4.75. The lowest BCUT2D eigenvalue weighted by Gasteiger charge is -2.17. The Morgan fingerprint density at radius 2 is 1.62 bits per heavy atom. The number of methoxy groups -OCH3 is 1. The third-order valence-electron chi connectivity index (χ3n) is 3.40. The summed E-state index contributed by atoms with van der Waals surface area (Å²) in [5.74, 6) is 0.625. The molecule has 3 nitrogen and oxygen atoms in total. The van der Waals surface area contributed by atoms with Crippen molar-refractivity contribution in [3.8, 4) is 5.75 Å². The summed E-state index contributed by atoms with van der Waals surface area (Å²) >= 11 is 0. The van der Waals surface area contributed by atoms with Gasteiger partial charge in [0.05, 0.1) is 20.1 Å². The molecule has 2 aromatic carbocycles. The summed E-state index contributed by atoms with van der Waals surface area (Å²) in [7, 11) is 1.64. The maximum atomic E-state index is 11.9. The van der Waals surface area contributed by atoms with E-state index >= 15 is 0 Å². The Labute approximate surface area is 125 Å². The molecule has 0 spiro atoms. The average molecular weight is 284 g/mol. The van der Waals surface area contributed by atoms with Crippen molar-refractivity contribution in [2.45, 2.75) is 19.3 Å². The fourth-order valence-electron chi connectivity index (χ4n) is 2.34. The molecule has 0 aliphatic rings. The van der Waals surface area contributed by atoms with Gasteiger partial charge in [0, 0.05) is 5.92 Å².